The first-order valence-corrected chi connectivity index (χ1v) is 8.98. The van der Waals surface area contributed by atoms with Gasteiger partial charge in [0.15, 0.2) is 23.0 Å². The van der Waals surface area contributed by atoms with Crippen molar-refractivity contribution in [3.63, 3.8) is 0 Å². The molecule has 3 rings (SSSR count). The Kier molecular flexibility index (Phi) is 6.06. The maximum Gasteiger partial charge on any atom is 0.220 e. The number of methoxy groups -OCH3 is 2. The largest absolute Gasteiger partial charge is 0.493 e. The Morgan fingerprint density at radius 1 is 1.04 bits per heavy atom. The van der Waals surface area contributed by atoms with E-state index in [0.29, 0.717) is 37.7 Å². The number of fused-ring (bicyclic) bond motifs is 1. The summed E-state index contributed by atoms with van der Waals surface area (Å²) in [5.74, 6) is 2.89. The van der Waals surface area contributed by atoms with E-state index in [0.717, 1.165) is 22.6 Å². The highest BCUT2D eigenvalue weighted by atomic mass is 16.6. The quantitative estimate of drug-likeness (QED) is 0.809. The second kappa shape index (κ2) is 8.66. The highest BCUT2D eigenvalue weighted by Crippen LogP contribution is 2.34. The predicted octanol–water partition coefficient (Wildman–Crippen LogP) is 3.29. The first-order chi connectivity index (χ1) is 13.1. The van der Waals surface area contributed by atoms with Gasteiger partial charge in [-0.15, -0.1) is 0 Å². The van der Waals surface area contributed by atoms with Gasteiger partial charge in [-0.05, 0) is 41.3 Å². The van der Waals surface area contributed by atoms with Crippen LogP contribution in [0, 0.1) is 0 Å². The summed E-state index contributed by atoms with van der Waals surface area (Å²) in [4.78, 5) is 12.3. The molecule has 0 aromatic heterocycles. The molecule has 1 aliphatic heterocycles. The Morgan fingerprint density at radius 3 is 2.52 bits per heavy atom. The molecule has 0 saturated heterocycles. The van der Waals surface area contributed by atoms with Crippen LogP contribution in [0.15, 0.2) is 36.4 Å². The average Bonchev–Trinajstić information content (AvgIpc) is 2.71. The van der Waals surface area contributed by atoms with Gasteiger partial charge in [-0.1, -0.05) is 19.1 Å². The van der Waals surface area contributed by atoms with E-state index in [1.165, 1.54) is 0 Å². The lowest BCUT2D eigenvalue weighted by Gasteiger charge is -2.20. The van der Waals surface area contributed by atoms with E-state index in [1.54, 1.807) is 14.2 Å². The smallest absolute Gasteiger partial charge is 0.220 e. The minimum atomic E-state index is -0.00725. The maximum atomic E-state index is 12.3. The summed E-state index contributed by atoms with van der Waals surface area (Å²) in [5, 5.41) is 2.96. The number of ether oxygens (including phenoxy) is 4. The number of nitrogens with one attached hydrogen (secondary N) is 1. The van der Waals surface area contributed by atoms with Gasteiger partial charge in [0.1, 0.15) is 13.2 Å². The molecule has 1 atom stereocenters. The number of rotatable bonds is 7. The van der Waals surface area contributed by atoms with E-state index >= 15 is 0 Å². The monoisotopic (exact) mass is 371 g/mol. The van der Waals surface area contributed by atoms with Gasteiger partial charge in [0.05, 0.1) is 14.2 Å². The van der Waals surface area contributed by atoms with Gasteiger partial charge in [0, 0.05) is 13.0 Å². The maximum absolute atomic E-state index is 12.3. The lowest BCUT2D eigenvalue weighted by molar-refractivity contribution is -0.121. The average molecular weight is 371 g/mol. The van der Waals surface area contributed by atoms with Crippen molar-refractivity contribution in [1.29, 1.82) is 0 Å². The molecule has 144 valence electrons. The summed E-state index contributed by atoms with van der Waals surface area (Å²) in [6.45, 7) is 3.59. The molecule has 27 heavy (non-hydrogen) atoms. The minimum absolute atomic E-state index is 0.00725. The predicted molar refractivity (Wildman–Crippen MR) is 102 cm³/mol. The van der Waals surface area contributed by atoms with Crippen LogP contribution in [0.25, 0.3) is 0 Å². The van der Waals surface area contributed by atoms with Gasteiger partial charge in [0.2, 0.25) is 5.91 Å². The molecule has 0 fully saturated rings. The molecule has 1 amide bonds. The third-order valence-electron chi connectivity index (χ3n) is 4.56. The molecule has 1 unspecified atom stereocenters. The highest BCUT2D eigenvalue weighted by molar-refractivity contribution is 5.77. The number of benzene rings is 2. The van der Waals surface area contributed by atoms with Crippen LogP contribution in [0.3, 0.4) is 0 Å². The standard InChI is InChI=1S/C21H25NO5/c1-14(16-5-7-18-20(12-16)27-9-8-26-18)10-21(23)22-13-15-4-6-17(24-2)19(11-15)25-3/h4-7,11-12,14H,8-10,13H2,1-3H3,(H,22,23). The van der Waals surface area contributed by atoms with E-state index in [2.05, 4.69) is 5.32 Å². The lowest BCUT2D eigenvalue weighted by Crippen LogP contribution is -2.24. The first-order valence-electron chi connectivity index (χ1n) is 8.98. The van der Waals surface area contributed by atoms with Crippen molar-refractivity contribution in [1.82, 2.24) is 5.32 Å². The van der Waals surface area contributed by atoms with Crippen LogP contribution >= 0.6 is 0 Å². The summed E-state index contributed by atoms with van der Waals surface area (Å²) in [7, 11) is 3.19. The molecule has 1 heterocycles. The van der Waals surface area contributed by atoms with E-state index in [4.69, 9.17) is 18.9 Å². The van der Waals surface area contributed by atoms with Crippen molar-refractivity contribution in [2.45, 2.75) is 25.8 Å². The van der Waals surface area contributed by atoms with Gasteiger partial charge in [-0.25, -0.2) is 0 Å². The Hall–Kier alpha value is -2.89. The van der Waals surface area contributed by atoms with Crippen molar-refractivity contribution in [2.24, 2.45) is 0 Å². The zero-order valence-electron chi connectivity index (χ0n) is 15.9. The molecule has 0 spiro atoms. The van der Waals surface area contributed by atoms with Crippen LogP contribution in [0.1, 0.15) is 30.4 Å². The molecule has 1 N–H and O–H groups in total. The topological polar surface area (TPSA) is 66.0 Å². The van der Waals surface area contributed by atoms with Crippen LogP contribution in [-0.2, 0) is 11.3 Å². The number of carbonyl (C=O) groups excluding carboxylic acids is 1. The Labute approximate surface area is 159 Å². The highest BCUT2D eigenvalue weighted by Gasteiger charge is 2.16. The summed E-state index contributed by atoms with van der Waals surface area (Å²) in [5.41, 5.74) is 2.01. The number of hydrogen-bond donors (Lipinski definition) is 1. The second-order valence-electron chi connectivity index (χ2n) is 6.47. The van der Waals surface area contributed by atoms with E-state index in [9.17, 15) is 4.79 Å². The molecule has 0 bridgehead atoms. The molecule has 0 radical (unpaired) electrons. The Bertz CT molecular complexity index is 805. The molecule has 2 aromatic carbocycles. The summed E-state index contributed by atoms with van der Waals surface area (Å²) in [6, 6.07) is 11.5. The molecule has 1 aliphatic rings. The summed E-state index contributed by atoms with van der Waals surface area (Å²) in [6.07, 6.45) is 0.396. The van der Waals surface area contributed by atoms with Crippen molar-refractivity contribution in [3.8, 4) is 23.0 Å². The molecule has 0 aliphatic carbocycles. The van der Waals surface area contributed by atoms with E-state index in [1.807, 2.05) is 43.3 Å². The Balaban J connectivity index is 1.56. The van der Waals surface area contributed by atoms with Gasteiger partial charge in [-0.3, -0.25) is 4.79 Å². The zero-order valence-corrected chi connectivity index (χ0v) is 15.9. The molecular formula is C21H25NO5. The molecule has 0 saturated carbocycles. The van der Waals surface area contributed by atoms with Gasteiger partial charge in [0.25, 0.3) is 0 Å². The van der Waals surface area contributed by atoms with Crippen LogP contribution in [0.5, 0.6) is 23.0 Å². The van der Waals surface area contributed by atoms with E-state index < -0.39 is 0 Å². The fraction of sp³-hybridized carbons (Fsp3) is 0.381. The fourth-order valence-electron chi connectivity index (χ4n) is 3.03. The van der Waals surface area contributed by atoms with Crippen molar-refractivity contribution in [2.75, 3.05) is 27.4 Å². The SMILES string of the molecule is COc1ccc(CNC(=O)CC(C)c2ccc3c(c2)OCCO3)cc1OC. The van der Waals surface area contributed by atoms with Crippen LogP contribution in [0.2, 0.25) is 0 Å². The van der Waals surface area contributed by atoms with Gasteiger partial charge >= 0.3 is 0 Å². The van der Waals surface area contributed by atoms with Gasteiger partial charge < -0.3 is 24.3 Å². The van der Waals surface area contributed by atoms with Gasteiger partial charge in [-0.2, -0.15) is 0 Å². The molecule has 6 nitrogen and oxygen atoms in total. The van der Waals surface area contributed by atoms with E-state index in [-0.39, 0.29) is 11.8 Å². The third kappa shape index (κ3) is 4.64. The minimum Gasteiger partial charge on any atom is -0.493 e. The van der Waals surface area contributed by atoms with Crippen LogP contribution in [0.4, 0.5) is 0 Å². The molecular weight excluding hydrogens is 346 g/mol. The third-order valence-corrected chi connectivity index (χ3v) is 4.56. The summed E-state index contributed by atoms with van der Waals surface area (Å²) >= 11 is 0. The summed E-state index contributed by atoms with van der Waals surface area (Å²) < 4.78 is 21.7. The fourth-order valence-corrected chi connectivity index (χ4v) is 3.03. The first kappa shape index (κ1) is 18.9. The second-order valence-corrected chi connectivity index (χ2v) is 6.47. The van der Waals surface area contributed by atoms with Crippen molar-refractivity contribution >= 4 is 5.91 Å². The number of carbonyl (C=O) groups is 1. The lowest BCUT2D eigenvalue weighted by atomic mass is 9.97. The number of hydrogen-bond acceptors (Lipinski definition) is 5. The zero-order chi connectivity index (χ0) is 19.2. The molecule has 2 aromatic rings. The molecule has 6 heteroatoms. The number of amides is 1. The van der Waals surface area contributed by atoms with Crippen molar-refractivity contribution in [3.05, 3.63) is 47.5 Å². The van der Waals surface area contributed by atoms with Crippen LogP contribution < -0.4 is 24.3 Å². The van der Waals surface area contributed by atoms with Crippen LogP contribution in [-0.4, -0.2) is 33.3 Å². The normalized spacial score (nSPS) is 13.6. The van der Waals surface area contributed by atoms with Crippen molar-refractivity contribution < 1.29 is 23.7 Å². The Morgan fingerprint density at radius 2 is 1.78 bits per heavy atom.